The number of rotatable bonds is 3. The summed E-state index contributed by atoms with van der Waals surface area (Å²) in [6.45, 7) is 0. The summed E-state index contributed by atoms with van der Waals surface area (Å²) in [4.78, 5) is 11.4. The highest BCUT2D eigenvalue weighted by Gasteiger charge is 2.09. The molecule has 70 valence electrons. The van der Waals surface area contributed by atoms with Crippen molar-refractivity contribution < 1.29 is 4.79 Å². The van der Waals surface area contributed by atoms with Crippen LogP contribution in [0, 0.1) is 0 Å². The first-order valence-electron chi connectivity index (χ1n) is 3.69. The number of alkyl halides is 1. The molecule has 0 bridgehead atoms. The maximum absolute atomic E-state index is 11.4. The molecule has 13 heavy (non-hydrogen) atoms. The van der Waals surface area contributed by atoms with Crippen molar-refractivity contribution in [1.82, 2.24) is 0 Å². The van der Waals surface area contributed by atoms with E-state index in [1.54, 1.807) is 18.2 Å². The van der Waals surface area contributed by atoms with Crippen LogP contribution in [0.25, 0.3) is 0 Å². The molecule has 0 amide bonds. The van der Waals surface area contributed by atoms with Gasteiger partial charge in [-0.1, -0.05) is 39.1 Å². The third-order valence-electron chi connectivity index (χ3n) is 1.55. The molecule has 0 spiro atoms. The van der Waals surface area contributed by atoms with E-state index in [0.29, 0.717) is 27.4 Å². The third kappa shape index (κ3) is 2.97. The largest absolute Gasteiger partial charge is 0.294 e. The van der Waals surface area contributed by atoms with E-state index in [4.69, 9.17) is 23.2 Å². The lowest BCUT2D eigenvalue weighted by molar-refractivity contribution is 0.0990. The van der Waals surface area contributed by atoms with Crippen molar-refractivity contribution in [2.45, 2.75) is 6.42 Å². The Morgan fingerprint density at radius 1 is 1.38 bits per heavy atom. The molecule has 0 atom stereocenters. The lowest BCUT2D eigenvalue weighted by Gasteiger charge is -2.01. The number of halogens is 3. The van der Waals surface area contributed by atoms with Gasteiger partial charge in [-0.05, 0) is 18.2 Å². The van der Waals surface area contributed by atoms with Gasteiger partial charge in [0.1, 0.15) is 0 Å². The predicted octanol–water partition coefficient (Wildman–Crippen LogP) is 3.96. The Morgan fingerprint density at radius 2 is 2.08 bits per heavy atom. The average molecular weight is 282 g/mol. The fourth-order valence-electron chi connectivity index (χ4n) is 0.936. The Bertz CT molecular complexity index is 325. The second-order valence-corrected chi connectivity index (χ2v) is 4.12. The second-order valence-electron chi connectivity index (χ2n) is 2.49. The van der Waals surface area contributed by atoms with Crippen LogP contribution in [0.5, 0.6) is 0 Å². The molecule has 0 aromatic heterocycles. The average Bonchev–Trinajstić information content (AvgIpc) is 2.04. The van der Waals surface area contributed by atoms with Gasteiger partial charge in [-0.15, -0.1) is 0 Å². The summed E-state index contributed by atoms with van der Waals surface area (Å²) in [6, 6.07) is 4.88. The molecule has 0 aliphatic heterocycles. The van der Waals surface area contributed by atoms with Crippen molar-refractivity contribution in [3.8, 4) is 0 Å². The Labute approximate surface area is 95.2 Å². The fourth-order valence-corrected chi connectivity index (χ4v) is 1.81. The zero-order chi connectivity index (χ0) is 9.84. The molecule has 0 aliphatic carbocycles. The molecule has 0 heterocycles. The summed E-state index contributed by atoms with van der Waals surface area (Å²) < 4.78 is 0. The van der Waals surface area contributed by atoms with Gasteiger partial charge >= 0.3 is 0 Å². The van der Waals surface area contributed by atoms with Crippen LogP contribution in [-0.2, 0) is 0 Å². The highest BCUT2D eigenvalue weighted by atomic mass is 79.9. The standard InChI is InChI=1S/C9H7BrCl2O/c10-4-3-9(13)7-2-1-6(11)5-8(7)12/h1-2,5H,3-4H2. The van der Waals surface area contributed by atoms with Crippen molar-refractivity contribution in [3.05, 3.63) is 33.8 Å². The molecule has 0 aliphatic rings. The lowest BCUT2D eigenvalue weighted by Crippen LogP contribution is -2.00. The maximum Gasteiger partial charge on any atom is 0.165 e. The molecule has 1 aromatic rings. The molecule has 1 aromatic carbocycles. The van der Waals surface area contributed by atoms with Crippen molar-refractivity contribution in [2.75, 3.05) is 5.33 Å². The Hall–Kier alpha value is -0.0500. The molecule has 0 N–H and O–H groups in total. The second kappa shape index (κ2) is 4.99. The molecule has 4 heteroatoms. The molecule has 1 rings (SSSR count). The number of Topliss-reactive ketones (excluding diaryl/α,β-unsaturated/α-hetero) is 1. The van der Waals surface area contributed by atoms with Gasteiger partial charge in [-0.2, -0.15) is 0 Å². The van der Waals surface area contributed by atoms with Crippen molar-refractivity contribution in [3.63, 3.8) is 0 Å². The Balaban J connectivity index is 2.95. The minimum Gasteiger partial charge on any atom is -0.294 e. The van der Waals surface area contributed by atoms with E-state index in [-0.39, 0.29) is 5.78 Å². The van der Waals surface area contributed by atoms with Crippen molar-refractivity contribution >= 4 is 44.9 Å². The Kier molecular flexibility index (Phi) is 4.23. The molecule has 0 saturated heterocycles. The number of hydrogen-bond acceptors (Lipinski definition) is 1. The zero-order valence-corrected chi connectivity index (χ0v) is 9.79. The number of carbonyl (C=O) groups excluding carboxylic acids is 1. The van der Waals surface area contributed by atoms with Gasteiger partial charge in [0.25, 0.3) is 0 Å². The summed E-state index contributed by atoms with van der Waals surface area (Å²) in [6.07, 6.45) is 0.446. The van der Waals surface area contributed by atoms with Crippen LogP contribution in [0.1, 0.15) is 16.8 Å². The third-order valence-corrected chi connectivity index (χ3v) is 2.50. The van der Waals surface area contributed by atoms with E-state index in [9.17, 15) is 4.79 Å². The normalized spacial score (nSPS) is 10.1. The number of benzene rings is 1. The first-order valence-corrected chi connectivity index (χ1v) is 5.57. The van der Waals surface area contributed by atoms with Gasteiger partial charge in [-0.25, -0.2) is 0 Å². The SMILES string of the molecule is O=C(CCBr)c1ccc(Cl)cc1Cl. The summed E-state index contributed by atoms with van der Waals surface area (Å²) in [7, 11) is 0. The van der Waals surface area contributed by atoms with Gasteiger partial charge in [0.2, 0.25) is 0 Å². The molecular formula is C9H7BrCl2O. The summed E-state index contributed by atoms with van der Waals surface area (Å²) in [5, 5.41) is 1.60. The van der Waals surface area contributed by atoms with Crippen molar-refractivity contribution in [2.24, 2.45) is 0 Å². The van der Waals surface area contributed by atoms with E-state index in [2.05, 4.69) is 15.9 Å². The van der Waals surface area contributed by atoms with Gasteiger partial charge in [0, 0.05) is 22.3 Å². The smallest absolute Gasteiger partial charge is 0.165 e. The van der Waals surface area contributed by atoms with Crippen LogP contribution in [0.2, 0.25) is 10.0 Å². The van der Waals surface area contributed by atoms with E-state index >= 15 is 0 Å². The van der Waals surface area contributed by atoms with Crippen LogP contribution in [0.3, 0.4) is 0 Å². The van der Waals surface area contributed by atoms with Crippen LogP contribution in [0.4, 0.5) is 0 Å². The number of carbonyl (C=O) groups is 1. The summed E-state index contributed by atoms with van der Waals surface area (Å²) in [5.74, 6) is 0.0264. The van der Waals surface area contributed by atoms with Gasteiger partial charge in [0.05, 0.1) is 5.02 Å². The quantitative estimate of drug-likeness (QED) is 0.605. The zero-order valence-electron chi connectivity index (χ0n) is 6.69. The molecule has 1 nitrogen and oxygen atoms in total. The summed E-state index contributed by atoms with van der Waals surface area (Å²) in [5.41, 5.74) is 0.533. The van der Waals surface area contributed by atoms with Crippen LogP contribution < -0.4 is 0 Å². The minimum atomic E-state index is 0.0264. The van der Waals surface area contributed by atoms with Crippen LogP contribution >= 0.6 is 39.1 Å². The first-order chi connectivity index (χ1) is 6.15. The van der Waals surface area contributed by atoms with E-state index in [1.807, 2.05) is 0 Å². The van der Waals surface area contributed by atoms with E-state index < -0.39 is 0 Å². The number of ketones is 1. The van der Waals surface area contributed by atoms with Gasteiger partial charge < -0.3 is 0 Å². The van der Waals surface area contributed by atoms with Crippen LogP contribution in [0.15, 0.2) is 18.2 Å². The predicted molar refractivity (Wildman–Crippen MR) is 59.2 cm³/mol. The van der Waals surface area contributed by atoms with Gasteiger partial charge in [0.15, 0.2) is 5.78 Å². The highest BCUT2D eigenvalue weighted by molar-refractivity contribution is 9.09. The molecule has 0 fully saturated rings. The molecular weight excluding hydrogens is 275 g/mol. The monoisotopic (exact) mass is 280 g/mol. The topological polar surface area (TPSA) is 17.1 Å². The number of hydrogen-bond donors (Lipinski definition) is 0. The van der Waals surface area contributed by atoms with Crippen molar-refractivity contribution in [1.29, 1.82) is 0 Å². The highest BCUT2D eigenvalue weighted by Crippen LogP contribution is 2.22. The molecule has 0 radical (unpaired) electrons. The lowest BCUT2D eigenvalue weighted by atomic mass is 10.1. The van der Waals surface area contributed by atoms with Crippen LogP contribution in [-0.4, -0.2) is 11.1 Å². The van der Waals surface area contributed by atoms with E-state index in [1.165, 1.54) is 0 Å². The minimum absolute atomic E-state index is 0.0264. The molecule has 0 saturated carbocycles. The van der Waals surface area contributed by atoms with E-state index in [0.717, 1.165) is 0 Å². The summed E-state index contributed by atoms with van der Waals surface area (Å²) >= 11 is 14.7. The van der Waals surface area contributed by atoms with Gasteiger partial charge in [-0.3, -0.25) is 4.79 Å². The first kappa shape index (κ1) is 11.0. The molecule has 0 unspecified atom stereocenters. The Morgan fingerprint density at radius 3 is 2.62 bits per heavy atom. The maximum atomic E-state index is 11.4. The fraction of sp³-hybridized carbons (Fsp3) is 0.222.